The Labute approximate surface area is 117 Å². The molecule has 2 N–H and O–H groups in total. The van der Waals surface area contributed by atoms with E-state index in [2.05, 4.69) is 11.8 Å². The summed E-state index contributed by atoms with van der Waals surface area (Å²) in [5, 5.41) is 0. The summed E-state index contributed by atoms with van der Waals surface area (Å²) in [6.07, 6.45) is -4.31. The van der Waals surface area contributed by atoms with Crippen LogP contribution in [0.5, 0.6) is 0 Å². The quantitative estimate of drug-likeness (QED) is 0.926. The first-order chi connectivity index (χ1) is 9.45. The number of rotatable bonds is 3. The Bertz CT molecular complexity index is 451. The first-order valence-corrected chi connectivity index (χ1v) is 6.83. The molecule has 1 fully saturated rings. The fourth-order valence-corrected chi connectivity index (χ4v) is 2.51. The van der Waals surface area contributed by atoms with Crippen molar-refractivity contribution in [1.82, 2.24) is 4.90 Å². The molecule has 112 valence electrons. The Hall–Kier alpha value is -1.27. The van der Waals surface area contributed by atoms with Gasteiger partial charge >= 0.3 is 6.18 Å². The molecule has 20 heavy (non-hydrogen) atoms. The topological polar surface area (TPSA) is 32.5 Å². The van der Waals surface area contributed by atoms with Crippen molar-refractivity contribution in [2.45, 2.75) is 19.6 Å². The van der Waals surface area contributed by atoms with Crippen LogP contribution in [0, 0.1) is 0 Å². The molecule has 6 heteroatoms. The Morgan fingerprint density at radius 3 is 2.30 bits per heavy atom. The first kappa shape index (κ1) is 15.1. The molecule has 1 heterocycles. The number of hydrogen-bond donors (Lipinski definition) is 1. The van der Waals surface area contributed by atoms with Gasteiger partial charge in [-0.25, -0.2) is 0 Å². The van der Waals surface area contributed by atoms with Crippen LogP contribution in [0.1, 0.15) is 18.1 Å². The number of halogens is 3. The summed E-state index contributed by atoms with van der Waals surface area (Å²) in [4.78, 5) is 4.29. The number of anilines is 1. The third-order valence-electron chi connectivity index (χ3n) is 3.79. The zero-order valence-corrected chi connectivity index (χ0v) is 11.6. The number of nitrogens with zero attached hydrogens (tertiary/aromatic N) is 2. The van der Waals surface area contributed by atoms with Gasteiger partial charge in [0.2, 0.25) is 0 Å². The highest BCUT2D eigenvalue weighted by atomic mass is 19.4. The smallest absolute Gasteiger partial charge is 0.369 e. The fourth-order valence-electron chi connectivity index (χ4n) is 2.51. The van der Waals surface area contributed by atoms with Gasteiger partial charge in [-0.15, -0.1) is 0 Å². The van der Waals surface area contributed by atoms with E-state index in [1.165, 1.54) is 12.1 Å². The largest absolute Gasteiger partial charge is 0.416 e. The van der Waals surface area contributed by atoms with Gasteiger partial charge in [-0.3, -0.25) is 0 Å². The van der Waals surface area contributed by atoms with E-state index in [0.717, 1.165) is 44.4 Å². The summed E-state index contributed by atoms with van der Waals surface area (Å²) in [5.41, 5.74) is 6.43. The molecule has 0 saturated carbocycles. The molecule has 1 aromatic rings. The molecule has 1 aliphatic heterocycles. The van der Waals surface area contributed by atoms with Gasteiger partial charge in [-0.1, -0.05) is 13.0 Å². The van der Waals surface area contributed by atoms with Gasteiger partial charge in [0, 0.05) is 38.4 Å². The Kier molecular flexibility index (Phi) is 4.55. The fraction of sp³-hybridized carbons (Fsp3) is 0.571. The van der Waals surface area contributed by atoms with Crippen LogP contribution in [0.4, 0.5) is 18.9 Å². The molecular weight excluding hydrogens is 267 g/mol. The maximum absolute atomic E-state index is 12.8. The van der Waals surface area contributed by atoms with Gasteiger partial charge in [0.15, 0.2) is 0 Å². The summed E-state index contributed by atoms with van der Waals surface area (Å²) >= 11 is 0. The van der Waals surface area contributed by atoms with E-state index in [4.69, 9.17) is 5.73 Å². The van der Waals surface area contributed by atoms with Gasteiger partial charge in [0.05, 0.1) is 5.56 Å². The summed E-state index contributed by atoms with van der Waals surface area (Å²) in [7, 11) is 0. The van der Waals surface area contributed by atoms with E-state index in [-0.39, 0.29) is 6.54 Å². The Morgan fingerprint density at radius 1 is 1.15 bits per heavy atom. The van der Waals surface area contributed by atoms with Gasteiger partial charge < -0.3 is 15.5 Å². The number of hydrogen-bond acceptors (Lipinski definition) is 3. The Balaban J connectivity index is 2.25. The van der Waals surface area contributed by atoms with E-state index in [1.807, 2.05) is 4.90 Å². The summed E-state index contributed by atoms with van der Waals surface area (Å²) in [5.74, 6) is 0. The minimum atomic E-state index is -4.31. The third-order valence-corrected chi connectivity index (χ3v) is 3.79. The van der Waals surface area contributed by atoms with Crippen LogP contribution in [0.15, 0.2) is 18.2 Å². The molecule has 0 spiro atoms. The molecule has 3 nitrogen and oxygen atoms in total. The zero-order valence-electron chi connectivity index (χ0n) is 11.6. The number of alkyl halides is 3. The summed E-state index contributed by atoms with van der Waals surface area (Å²) in [6.45, 7) is 6.53. The predicted octanol–water partition coefficient (Wildman–Crippen LogP) is 2.31. The second-order valence-corrected chi connectivity index (χ2v) is 4.97. The lowest BCUT2D eigenvalue weighted by Gasteiger charge is -2.36. The molecule has 0 amide bonds. The molecule has 1 aromatic carbocycles. The van der Waals surface area contributed by atoms with Crippen molar-refractivity contribution >= 4 is 5.69 Å². The minimum Gasteiger partial charge on any atom is -0.369 e. The van der Waals surface area contributed by atoms with Crippen molar-refractivity contribution in [3.05, 3.63) is 29.3 Å². The molecule has 1 saturated heterocycles. The number of benzene rings is 1. The lowest BCUT2D eigenvalue weighted by atomic mass is 10.1. The van der Waals surface area contributed by atoms with Crippen molar-refractivity contribution < 1.29 is 13.2 Å². The van der Waals surface area contributed by atoms with E-state index in [0.29, 0.717) is 5.69 Å². The van der Waals surface area contributed by atoms with E-state index in [1.54, 1.807) is 0 Å². The number of nitrogens with two attached hydrogens (primary N) is 1. The van der Waals surface area contributed by atoms with Gasteiger partial charge in [-0.05, 0) is 24.2 Å². The van der Waals surface area contributed by atoms with Crippen molar-refractivity contribution in [1.29, 1.82) is 0 Å². The minimum absolute atomic E-state index is 0.251. The van der Waals surface area contributed by atoms with Crippen LogP contribution in [0.3, 0.4) is 0 Å². The van der Waals surface area contributed by atoms with Gasteiger partial charge in [-0.2, -0.15) is 13.2 Å². The standard InChI is InChI=1S/C14H20F3N3/c1-2-19-5-7-20(8-6-19)13-9-12(14(15,16)17)4-3-11(13)10-18/h3-4,9H,2,5-8,10,18H2,1H3. The molecule has 2 rings (SSSR count). The van der Waals surface area contributed by atoms with Gasteiger partial charge in [0.1, 0.15) is 0 Å². The highest BCUT2D eigenvalue weighted by molar-refractivity contribution is 5.56. The lowest BCUT2D eigenvalue weighted by molar-refractivity contribution is -0.137. The second-order valence-electron chi connectivity index (χ2n) is 4.97. The van der Waals surface area contributed by atoms with Crippen molar-refractivity contribution in [3.63, 3.8) is 0 Å². The van der Waals surface area contributed by atoms with Crippen LogP contribution in [0.25, 0.3) is 0 Å². The van der Waals surface area contributed by atoms with E-state index in [9.17, 15) is 13.2 Å². The van der Waals surface area contributed by atoms with Crippen molar-refractivity contribution in [3.8, 4) is 0 Å². The van der Waals surface area contributed by atoms with Crippen LogP contribution in [-0.2, 0) is 12.7 Å². The summed E-state index contributed by atoms with van der Waals surface area (Å²) < 4.78 is 38.5. The molecule has 0 aliphatic carbocycles. The van der Waals surface area contributed by atoms with Crippen LogP contribution in [0.2, 0.25) is 0 Å². The average Bonchev–Trinajstić information content (AvgIpc) is 2.45. The third kappa shape index (κ3) is 3.24. The SMILES string of the molecule is CCN1CCN(c2cc(C(F)(F)F)ccc2CN)CC1. The van der Waals surface area contributed by atoms with E-state index < -0.39 is 11.7 Å². The summed E-state index contributed by atoms with van der Waals surface area (Å²) in [6, 6.07) is 3.82. The molecule has 0 atom stereocenters. The maximum Gasteiger partial charge on any atom is 0.416 e. The molecule has 1 aliphatic rings. The number of likely N-dealkylation sites (N-methyl/N-ethyl adjacent to an activating group) is 1. The molecule has 0 aromatic heterocycles. The average molecular weight is 287 g/mol. The Morgan fingerprint density at radius 2 is 1.80 bits per heavy atom. The number of piperazine rings is 1. The maximum atomic E-state index is 12.8. The first-order valence-electron chi connectivity index (χ1n) is 6.83. The van der Waals surface area contributed by atoms with Crippen LogP contribution >= 0.6 is 0 Å². The molecule has 0 unspecified atom stereocenters. The van der Waals surface area contributed by atoms with Crippen LogP contribution in [-0.4, -0.2) is 37.6 Å². The van der Waals surface area contributed by atoms with Gasteiger partial charge in [0.25, 0.3) is 0 Å². The molecule has 0 radical (unpaired) electrons. The highest BCUT2D eigenvalue weighted by Gasteiger charge is 2.31. The lowest BCUT2D eigenvalue weighted by Crippen LogP contribution is -2.46. The highest BCUT2D eigenvalue weighted by Crippen LogP contribution is 2.33. The van der Waals surface area contributed by atoms with Crippen molar-refractivity contribution in [2.75, 3.05) is 37.6 Å². The van der Waals surface area contributed by atoms with E-state index >= 15 is 0 Å². The van der Waals surface area contributed by atoms with Crippen molar-refractivity contribution in [2.24, 2.45) is 5.73 Å². The monoisotopic (exact) mass is 287 g/mol. The zero-order chi connectivity index (χ0) is 14.8. The second kappa shape index (κ2) is 6.01. The van der Waals surface area contributed by atoms with Crippen LogP contribution < -0.4 is 10.6 Å². The predicted molar refractivity (Wildman–Crippen MR) is 73.7 cm³/mol. The molecular formula is C14H20F3N3. The molecule has 0 bridgehead atoms. The normalized spacial score (nSPS) is 17.6.